The van der Waals surface area contributed by atoms with E-state index in [0.717, 1.165) is 28.2 Å². The van der Waals surface area contributed by atoms with Gasteiger partial charge in [0, 0.05) is 12.1 Å². The van der Waals surface area contributed by atoms with Crippen molar-refractivity contribution in [3.05, 3.63) is 48.0 Å². The van der Waals surface area contributed by atoms with Crippen LogP contribution in [-0.4, -0.2) is 14.2 Å². The van der Waals surface area contributed by atoms with Gasteiger partial charge >= 0.3 is 0 Å². The molecule has 0 spiro atoms. The molecule has 3 heteroatoms. The van der Waals surface area contributed by atoms with E-state index in [1.54, 1.807) is 14.2 Å². The van der Waals surface area contributed by atoms with Gasteiger partial charge in [0.05, 0.1) is 14.2 Å². The number of benzene rings is 2. The van der Waals surface area contributed by atoms with Crippen LogP contribution in [0.25, 0.3) is 11.1 Å². The third-order valence-electron chi connectivity index (χ3n) is 3.10. The predicted octanol–water partition coefficient (Wildman–Crippen LogP) is 3.39. The highest BCUT2D eigenvalue weighted by Crippen LogP contribution is 2.30. The fourth-order valence-electron chi connectivity index (χ4n) is 1.98. The lowest BCUT2D eigenvalue weighted by Gasteiger charge is -2.11. The molecule has 0 bridgehead atoms. The zero-order valence-electron chi connectivity index (χ0n) is 11.5. The molecule has 0 amide bonds. The standard InChI is InChI=1S/C16H19NO2/c1-11(17)12-5-4-6-13(7-12)14-8-15(18-2)10-16(9-14)19-3/h4-11H,17H2,1-3H3. The molecule has 0 aromatic heterocycles. The molecule has 19 heavy (non-hydrogen) atoms. The summed E-state index contributed by atoms with van der Waals surface area (Å²) in [5.74, 6) is 1.56. The highest BCUT2D eigenvalue weighted by atomic mass is 16.5. The van der Waals surface area contributed by atoms with Crippen LogP contribution in [0, 0.1) is 0 Å². The van der Waals surface area contributed by atoms with Crippen molar-refractivity contribution in [2.24, 2.45) is 5.73 Å². The van der Waals surface area contributed by atoms with Gasteiger partial charge in [-0.3, -0.25) is 0 Å². The summed E-state index contributed by atoms with van der Waals surface area (Å²) in [6, 6.07) is 14.1. The first-order chi connectivity index (χ1) is 9.13. The summed E-state index contributed by atoms with van der Waals surface area (Å²) < 4.78 is 10.6. The fourth-order valence-corrected chi connectivity index (χ4v) is 1.98. The van der Waals surface area contributed by atoms with E-state index in [9.17, 15) is 0 Å². The predicted molar refractivity (Wildman–Crippen MR) is 77.6 cm³/mol. The van der Waals surface area contributed by atoms with Gasteiger partial charge in [-0.05, 0) is 41.8 Å². The molecule has 0 aliphatic carbocycles. The van der Waals surface area contributed by atoms with Crippen LogP contribution < -0.4 is 15.2 Å². The average Bonchev–Trinajstić information content (AvgIpc) is 2.46. The molecular formula is C16H19NO2. The van der Waals surface area contributed by atoms with Gasteiger partial charge in [-0.15, -0.1) is 0 Å². The van der Waals surface area contributed by atoms with Crippen molar-refractivity contribution in [3.63, 3.8) is 0 Å². The maximum Gasteiger partial charge on any atom is 0.123 e. The number of ether oxygens (including phenoxy) is 2. The molecule has 2 aromatic carbocycles. The van der Waals surface area contributed by atoms with Crippen LogP contribution in [0.4, 0.5) is 0 Å². The zero-order valence-corrected chi connectivity index (χ0v) is 11.5. The van der Waals surface area contributed by atoms with Crippen LogP contribution in [0.5, 0.6) is 11.5 Å². The fraction of sp³-hybridized carbons (Fsp3) is 0.250. The number of methoxy groups -OCH3 is 2. The summed E-state index contributed by atoms with van der Waals surface area (Å²) >= 11 is 0. The summed E-state index contributed by atoms with van der Waals surface area (Å²) in [7, 11) is 3.30. The first-order valence-corrected chi connectivity index (χ1v) is 6.23. The molecule has 1 atom stereocenters. The van der Waals surface area contributed by atoms with E-state index in [0.29, 0.717) is 0 Å². The molecule has 100 valence electrons. The van der Waals surface area contributed by atoms with Gasteiger partial charge in [0.25, 0.3) is 0 Å². The molecule has 0 heterocycles. The summed E-state index contributed by atoms with van der Waals surface area (Å²) in [6.45, 7) is 1.98. The highest BCUT2D eigenvalue weighted by molar-refractivity contribution is 5.68. The Morgan fingerprint density at radius 2 is 1.53 bits per heavy atom. The average molecular weight is 257 g/mol. The van der Waals surface area contributed by atoms with E-state index in [-0.39, 0.29) is 6.04 Å². The molecule has 0 radical (unpaired) electrons. The lowest BCUT2D eigenvalue weighted by molar-refractivity contribution is 0.394. The van der Waals surface area contributed by atoms with Crippen LogP contribution in [0.1, 0.15) is 18.5 Å². The second-order valence-electron chi connectivity index (χ2n) is 4.52. The molecule has 0 aliphatic heterocycles. The molecule has 3 nitrogen and oxygen atoms in total. The first kappa shape index (κ1) is 13.4. The highest BCUT2D eigenvalue weighted by Gasteiger charge is 2.06. The Hall–Kier alpha value is -2.00. The number of nitrogens with two attached hydrogens (primary N) is 1. The van der Waals surface area contributed by atoms with Crippen molar-refractivity contribution in [2.75, 3.05) is 14.2 Å². The lowest BCUT2D eigenvalue weighted by atomic mass is 10.00. The zero-order chi connectivity index (χ0) is 13.8. The number of hydrogen-bond donors (Lipinski definition) is 1. The minimum absolute atomic E-state index is 0.0208. The van der Waals surface area contributed by atoms with Crippen LogP contribution in [0.2, 0.25) is 0 Å². The molecule has 0 saturated heterocycles. The maximum absolute atomic E-state index is 5.92. The minimum atomic E-state index is 0.0208. The molecule has 2 N–H and O–H groups in total. The van der Waals surface area contributed by atoms with E-state index in [1.807, 2.05) is 37.3 Å². The van der Waals surface area contributed by atoms with E-state index in [1.165, 1.54) is 0 Å². The van der Waals surface area contributed by atoms with Crippen molar-refractivity contribution in [3.8, 4) is 22.6 Å². The maximum atomic E-state index is 5.92. The summed E-state index contributed by atoms with van der Waals surface area (Å²) in [5, 5.41) is 0. The Balaban J connectivity index is 2.48. The van der Waals surface area contributed by atoms with Gasteiger partial charge in [0.15, 0.2) is 0 Å². The lowest BCUT2D eigenvalue weighted by Crippen LogP contribution is -2.04. The Morgan fingerprint density at radius 1 is 0.895 bits per heavy atom. The van der Waals surface area contributed by atoms with Crippen molar-refractivity contribution < 1.29 is 9.47 Å². The van der Waals surface area contributed by atoms with Crippen molar-refractivity contribution in [2.45, 2.75) is 13.0 Å². The van der Waals surface area contributed by atoms with Gasteiger partial charge in [-0.1, -0.05) is 18.2 Å². The Kier molecular flexibility index (Phi) is 4.07. The Bertz CT molecular complexity index is 542. The van der Waals surface area contributed by atoms with E-state index in [2.05, 4.69) is 12.1 Å². The van der Waals surface area contributed by atoms with Crippen LogP contribution in [-0.2, 0) is 0 Å². The third-order valence-corrected chi connectivity index (χ3v) is 3.10. The van der Waals surface area contributed by atoms with Crippen LogP contribution in [0.3, 0.4) is 0 Å². The topological polar surface area (TPSA) is 44.5 Å². The number of hydrogen-bond acceptors (Lipinski definition) is 3. The smallest absolute Gasteiger partial charge is 0.123 e. The summed E-state index contributed by atoms with van der Waals surface area (Å²) in [5.41, 5.74) is 9.19. The second kappa shape index (κ2) is 5.76. The van der Waals surface area contributed by atoms with E-state index < -0.39 is 0 Å². The van der Waals surface area contributed by atoms with Gasteiger partial charge in [-0.25, -0.2) is 0 Å². The second-order valence-corrected chi connectivity index (χ2v) is 4.52. The van der Waals surface area contributed by atoms with Crippen LogP contribution in [0.15, 0.2) is 42.5 Å². The monoisotopic (exact) mass is 257 g/mol. The molecule has 2 aromatic rings. The Labute approximate surface area is 114 Å². The largest absolute Gasteiger partial charge is 0.497 e. The quantitative estimate of drug-likeness (QED) is 0.913. The van der Waals surface area contributed by atoms with Crippen LogP contribution >= 0.6 is 0 Å². The normalized spacial score (nSPS) is 12.0. The molecule has 0 aliphatic rings. The number of rotatable bonds is 4. The minimum Gasteiger partial charge on any atom is -0.497 e. The SMILES string of the molecule is COc1cc(OC)cc(-c2cccc(C(C)N)c2)c1. The molecular weight excluding hydrogens is 238 g/mol. The summed E-state index contributed by atoms with van der Waals surface area (Å²) in [6.07, 6.45) is 0. The molecule has 2 rings (SSSR count). The van der Waals surface area contributed by atoms with E-state index in [4.69, 9.17) is 15.2 Å². The van der Waals surface area contributed by atoms with Gasteiger partial charge < -0.3 is 15.2 Å². The first-order valence-electron chi connectivity index (χ1n) is 6.23. The Morgan fingerprint density at radius 3 is 2.05 bits per heavy atom. The van der Waals surface area contributed by atoms with E-state index >= 15 is 0 Å². The molecule has 0 fully saturated rings. The molecule has 0 saturated carbocycles. The molecule has 1 unspecified atom stereocenters. The van der Waals surface area contributed by atoms with Gasteiger partial charge in [0.1, 0.15) is 11.5 Å². The van der Waals surface area contributed by atoms with Gasteiger partial charge in [-0.2, -0.15) is 0 Å². The summed E-state index contributed by atoms with van der Waals surface area (Å²) in [4.78, 5) is 0. The van der Waals surface area contributed by atoms with Gasteiger partial charge in [0.2, 0.25) is 0 Å². The van der Waals surface area contributed by atoms with Crippen molar-refractivity contribution in [1.82, 2.24) is 0 Å². The van der Waals surface area contributed by atoms with Crippen molar-refractivity contribution >= 4 is 0 Å². The third kappa shape index (κ3) is 3.06. The van der Waals surface area contributed by atoms with Crippen molar-refractivity contribution in [1.29, 1.82) is 0 Å².